The van der Waals surface area contributed by atoms with Crippen LogP contribution in [0.1, 0.15) is 76.7 Å². The number of carboxylic acids is 1. The van der Waals surface area contributed by atoms with Gasteiger partial charge in [-0.15, -0.1) is 0 Å². The Morgan fingerprint density at radius 3 is 2.19 bits per heavy atom. The molecule has 0 aliphatic heterocycles. The molecule has 0 atom stereocenters. The first-order valence-corrected chi connectivity index (χ1v) is 10.1. The molecule has 0 unspecified atom stereocenters. The van der Waals surface area contributed by atoms with E-state index in [-0.39, 0.29) is 0 Å². The average molecular weight is 358 g/mol. The Kier molecular flexibility index (Phi) is 12.9. The Morgan fingerprint density at radius 2 is 1.54 bits per heavy atom. The van der Waals surface area contributed by atoms with Crippen LogP contribution in [0.5, 0.6) is 0 Å². The summed E-state index contributed by atoms with van der Waals surface area (Å²) >= 11 is 0. The first-order chi connectivity index (χ1) is 12.7. The number of unbranched alkanes of at least 4 members (excludes halogenated alkanes) is 8. The maximum absolute atomic E-state index is 10.5. The van der Waals surface area contributed by atoms with E-state index in [0.29, 0.717) is 0 Å². The molecule has 1 aromatic rings. The van der Waals surface area contributed by atoms with Gasteiger partial charge in [-0.2, -0.15) is 0 Å². The van der Waals surface area contributed by atoms with Crippen LogP contribution in [0.4, 0.5) is 5.69 Å². The van der Waals surface area contributed by atoms with Gasteiger partial charge >= 0.3 is 5.97 Å². The van der Waals surface area contributed by atoms with Crippen LogP contribution in [0.2, 0.25) is 0 Å². The summed E-state index contributed by atoms with van der Waals surface area (Å²) < 4.78 is 0. The lowest BCUT2D eigenvalue weighted by molar-refractivity contribution is -0.131. The van der Waals surface area contributed by atoms with Crippen LogP contribution >= 0.6 is 0 Å². The SMILES string of the molecule is CCCCCCCCCC=CCCCNc1ccc(C=CC(=O)O)cc1. The first kappa shape index (κ1) is 22.0. The van der Waals surface area contributed by atoms with Crippen LogP contribution in [0.25, 0.3) is 6.08 Å². The molecule has 0 saturated carbocycles. The number of carbonyl (C=O) groups is 1. The summed E-state index contributed by atoms with van der Waals surface area (Å²) in [6.45, 7) is 3.21. The minimum Gasteiger partial charge on any atom is -0.478 e. The predicted molar refractivity (Wildman–Crippen MR) is 113 cm³/mol. The minimum absolute atomic E-state index is 0.895. The average Bonchev–Trinajstić information content (AvgIpc) is 2.64. The molecule has 0 saturated heterocycles. The summed E-state index contributed by atoms with van der Waals surface area (Å²) in [6.07, 6.45) is 20.4. The molecular formula is C23H35NO2. The van der Waals surface area contributed by atoms with E-state index in [0.717, 1.165) is 36.7 Å². The van der Waals surface area contributed by atoms with Crippen molar-refractivity contribution in [3.63, 3.8) is 0 Å². The van der Waals surface area contributed by atoms with Gasteiger partial charge in [-0.05, 0) is 49.5 Å². The number of benzene rings is 1. The third kappa shape index (κ3) is 12.3. The fourth-order valence-corrected chi connectivity index (χ4v) is 2.79. The molecule has 1 aromatic carbocycles. The number of allylic oxidation sites excluding steroid dienone is 2. The molecule has 0 radical (unpaired) electrons. The van der Waals surface area contributed by atoms with Gasteiger partial charge in [0.15, 0.2) is 0 Å². The van der Waals surface area contributed by atoms with E-state index < -0.39 is 5.97 Å². The Hall–Kier alpha value is -2.03. The third-order valence-corrected chi connectivity index (χ3v) is 4.35. The molecule has 0 aliphatic carbocycles. The maximum Gasteiger partial charge on any atom is 0.328 e. The standard InChI is InChI=1S/C23H35NO2/c1-2-3-4-5-6-7-8-9-10-11-12-13-20-24-22-17-14-21(15-18-22)16-19-23(25)26/h10-11,14-19,24H,2-9,12-13,20H2,1H3,(H,25,26). The number of carboxylic acid groups (broad SMARTS) is 1. The van der Waals surface area contributed by atoms with Crippen molar-refractivity contribution in [3.8, 4) is 0 Å². The number of nitrogens with one attached hydrogen (secondary N) is 1. The molecule has 3 heteroatoms. The van der Waals surface area contributed by atoms with Crippen LogP contribution in [0.15, 0.2) is 42.5 Å². The maximum atomic E-state index is 10.5. The zero-order valence-corrected chi connectivity index (χ0v) is 16.3. The lowest BCUT2D eigenvalue weighted by Crippen LogP contribution is -2.00. The lowest BCUT2D eigenvalue weighted by atomic mass is 10.1. The monoisotopic (exact) mass is 357 g/mol. The molecular weight excluding hydrogens is 322 g/mol. The van der Waals surface area contributed by atoms with E-state index in [9.17, 15) is 4.79 Å². The van der Waals surface area contributed by atoms with Gasteiger partial charge in [0.2, 0.25) is 0 Å². The van der Waals surface area contributed by atoms with Gasteiger partial charge in [-0.1, -0.05) is 69.7 Å². The number of hydrogen-bond donors (Lipinski definition) is 2. The normalized spacial score (nSPS) is 11.4. The van der Waals surface area contributed by atoms with Gasteiger partial charge in [-0.3, -0.25) is 0 Å². The van der Waals surface area contributed by atoms with Gasteiger partial charge in [0, 0.05) is 18.3 Å². The van der Waals surface area contributed by atoms with Gasteiger partial charge in [-0.25, -0.2) is 4.79 Å². The third-order valence-electron chi connectivity index (χ3n) is 4.35. The molecule has 0 heterocycles. The number of hydrogen-bond acceptors (Lipinski definition) is 2. The van der Waals surface area contributed by atoms with Crippen LogP contribution in [0, 0.1) is 0 Å². The highest BCUT2D eigenvalue weighted by atomic mass is 16.4. The van der Waals surface area contributed by atoms with E-state index in [1.807, 2.05) is 24.3 Å². The van der Waals surface area contributed by atoms with Crippen molar-refractivity contribution >= 4 is 17.7 Å². The summed E-state index contributed by atoms with van der Waals surface area (Å²) in [5, 5.41) is 12.0. The number of rotatable bonds is 15. The first-order valence-electron chi connectivity index (χ1n) is 10.1. The van der Waals surface area contributed by atoms with E-state index in [4.69, 9.17) is 5.11 Å². The smallest absolute Gasteiger partial charge is 0.328 e. The Morgan fingerprint density at radius 1 is 0.923 bits per heavy atom. The molecule has 0 amide bonds. The fourth-order valence-electron chi connectivity index (χ4n) is 2.79. The van der Waals surface area contributed by atoms with Gasteiger partial charge in [0.25, 0.3) is 0 Å². The van der Waals surface area contributed by atoms with E-state index in [1.54, 1.807) is 6.08 Å². The molecule has 26 heavy (non-hydrogen) atoms. The Balaban J connectivity index is 2.00. The fraction of sp³-hybridized carbons (Fsp3) is 0.522. The van der Waals surface area contributed by atoms with Gasteiger partial charge in [0.1, 0.15) is 0 Å². The Labute approximate surface area is 159 Å². The summed E-state index contributed by atoms with van der Waals surface area (Å²) in [7, 11) is 0. The molecule has 0 bridgehead atoms. The quantitative estimate of drug-likeness (QED) is 0.209. The highest BCUT2D eigenvalue weighted by molar-refractivity contribution is 5.85. The molecule has 0 spiro atoms. The summed E-state index contributed by atoms with van der Waals surface area (Å²) in [5.41, 5.74) is 1.97. The number of anilines is 1. The van der Waals surface area contributed by atoms with Crippen LogP contribution in [0.3, 0.4) is 0 Å². The van der Waals surface area contributed by atoms with E-state index >= 15 is 0 Å². The highest BCUT2D eigenvalue weighted by Gasteiger charge is 1.93. The number of aliphatic carboxylic acids is 1. The summed E-state index contributed by atoms with van der Waals surface area (Å²) in [4.78, 5) is 10.5. The van der Waals surface area contributed by atoms with Gasteiger partial charge in [0.05, 0.1) is 0 Å². The van der Waals surface area contributed by atoms with Gasteiger partial charge < -0.3 is 10.4 Å². The minimum atomic E-state index is -0.924. The predicted octanol–water partition coefficient (Wildman–Crippen LogP) is 6.67. The van der Waals surface area contributed by atoms with Crippen molar-refractivity contribution in [2.45, 2.75) is 71.1 Å². The van der Waals surface area contributed by atoms with Crippen molar-refractivity contribution in [1.82, 2.24) is 0 Å². The molecule has 3 nitrogen and oxygen atoms in total. The van der Waals surface area contributed by atoms with Crippen molar-refractivity contribution in [2.75, 3.05) is 11.9 Å². The highest BCUT2D eigenvalue weighted by Crippen LogP contribution is 2.11. The second kappa shape index (κ2) is 15.2. The topological polar surface area (TPSA) is 49.3 Å². The summed E-state index contributed by atoms with van der Waals surface area (Å²) in [6, 6.07) is 7.81. The van der Waals surface area contributed by atoms with Crippen LogP contribution in [-0.2, 0) is 4.79 Å². The second-order valence-electron chi connectivity index (χ2n) is 6.74. The molecule has 0 aromatic heterocycles. The summed E-state index contributed by atoms with van der Waals surface area (Å²) in [5.74, 6) is -0.924. The van der Waals surface area contributed by atoms with Crippen LogP contribution in [-0.4, -0.2) is 17.6 Å². The van der Waals surface area contributed by atoms with E-state index in [1.165, 1.54) is 51.4 Å². The largest absolute Gasteiger partial charge is 0.478 e. The van der Waals surface area contributed by atoms with Crippen molar-refractivity contribution < 1.29 is 9.90 Å². The zero-order valence-electron chi connectivity index (χ0n) is 16.3. The van der Waals surface area contributed by atoms with Crippen molar-refractivity contribution in [1.29, 1.82) is 0 Å². The molecule has 144 valence electrons. The molecule has 1 rings (SSSR count). The second-order valence-corrected chi connectivity index (χ2v) is 6.74. The molecule has 2 N–H and O–H groups in total. The zero-order chi connectivity index (χ0) is 18.9. The van der Waals surface area contributed by atoms with Crippen molar-refractivity contribution in [3.05, 3.63) is 48.1 Å². The Bertz CT molecular complexity index is 532. The molecule has 0 fully saturated rings. The van der Waals surface area contributed by atoms with E-state index in [2.05, 4.69) is 24.4 Å². The van der Waals surface area contributed by atoms with Crippen molar-refractivity contribution in [2.24, 2.45) is 0 Å². The lowest BCUT2D eigenvalue weighted by Gasteiger charge is -2.05. The van der Waals surface area contributed by atoms with Crippen LogP contribution < -0.4 is 5.32 Å². The molecule has 0 aliphatic rings.